The number of alkyl carbamates (subject to hydrolysis) is 1. The average Bonchev–Trinajstić information content (AvgIpc) is 2.78. The summed E-state index contributed by atoms with van der Waals surface area (Å²) in [5.41, 5.74) is -0.548. The lowest BCUT2D eigenvalue weighted by Gasteiger charge is -2.39. The highest BCUT2D eigenvalue weighted by atomic mass is 32.2. The Morgan fingerprint density at radius 1 is 0.971 bits per heavy atom. The van der Waals surface area contributed by atoms with Crippen LogP contribution < -0.4 is 5.32 Å². The van der Waals surface area contributed by atoms with Gasteiger partial charge in [0.1, 0.15) is 12.2 Å². The molecule has 0 bridgehead atoms. The number of hydrogen-bond donors (Lipinski definition) is 1. The Morgan fingerprint density at radius 2 is 1.53 bits per heavy atom. The van der Waals surface area contributed by atoms with Crippen LogP contribution >= 0.6 is 0 Å². The third-order valence-electron chi connectivity index (χ3n) is 6.85. The fraction of sp³-hybridized carbons (Fsp3) is 0.875. The van der Waals surface area contributed by atoms with Crippen molar-refractivity contribution in [1.29, 1.82) is 0 Å². The number of nitrogens with one attached hydrogen (secondary N) is 1. The first-order valence-corrected chi connectivity index (χ1v) is 14.0. The van der Waals surface area contributed by atoms with Crippen molar-refractivity contribution in [3.05, 3.63) is 0 Å². The number of nitrogens with zero attached hydrogens (tertiary/aromatic N) is 3. The molecule has 34 heavy (non-hydrogen) atoms. The molecule has 3 aliphatic heterocycles. The molecule has 3 heterocycles. The zero-order chi connectivity index (χ0) is 24.8. The Bertz CT molecular complexity index is 798. The smallest absolute Gasteiger partial charge is 0.407 e. The first kappa shape index (κ1) is 27.2. The van der Waals surface area contributed by atoms with Crippen LogP contribution in [-0.4, -0.2) is 98.2 Å². The van der Waals surface area contributed by atoms with E-state index in [1.807, 2.05) is 20.8 Å². The van der Waals surface area contributed by atoms with E-state index < -0.39 is 21.9 Å². The van der Waals surface area contributed by atoms with Crippen LogP contribution in [0.5, 0.6) is 0 Å². The lowest BCUT2D eigenvalue weighted by molar-refractivity contribution is 0.0188. The molecule has 0 aromatic carbocycles. The molecule has 9 nitrogen and oxygen atoms in total. The van der Waals surface area contributed by atoms with Gasteiger partial charge >= 0.3 is 6.09 Å². The number of likely N-dealkylation sites (tertiary alicyclic amines) is 1. The standard InChI is InChI=1S/C24H42N4O5S/c1-5-18-32-22-10-12-26(13-11-22)19-20-6-14-27(15-7-20)34(30,31)28-16-8-21(9-17-28)25-23(29)33-24(2,3)4/h1,20-22H,6-19H2,2-4H3,(H,25,29). The molecular weight excluding hydrogens is 456 g/mol. The maximum atomic E-state index is 13.2. The number of piperidine rings is 3. The average molecular weight is 499 g/mol. The summed E-state index contributed by atoms with van der Waals surface area (Å²) in [6.07, 6.45) is 10.1. The van der Waals surface area contributed by atoms with Crippen molar-refractivity contribution in [3.8, 4) is 12.3 Å². The molecule has 3 aliphatic rings. The van der Waals surface area contributed by atoms with Crippen LogP contribution in [0.1, 0.15) is 59.3 Å². The van der Waals surface area contributed by atoms with Gasteiger partial charge in [0.05, 0.1) is 6.10 Å². The van der Waals surface area contributed by atoms with E-state index in [-0.39, 0.29) is 12.1 Å². The van der Waals surface area contributed by atoms with Gasteiger partial charge in [0.25, 0.3) is 10.2 Å². The minimum absolute atomic E-state index is 0.0619. The highest BCUT2D eigenvalue weighted by Gasteiger charge is 2.36. The fourth-order valence-electron chi connectivity index (χ4n) is 4.98. The second-order valence-corrected chi connectivity index (χ2v) is 12.6. The van der Waals surface area contributed by atoms with Gasteiger partial charge in [-0.15, -0.1) is 6.42 Å². The lowest BCUT2D eigenvalue weighted by atomic mass is 9.96. The number of rotatable bonds is 7. The first-order valence-electron chi connectivity index (χ1n) is 12.6. The van der Waals surface area contributed by atoms with E-state index in [1.165, 1.54) is 0 Å². The van der Waals surface area contributed by atoms with Crippen LogP contribution in [0.25, 0.3) is 0 Å². The van der Waals surface area contributed by atoms with E-state index in [0.29, 0.717) is 51.5 Å². The van der Waals surface area contributed by atoms with Gasteiger partial charge in [-0.1, -0.05) is 5.92 Å². The molecular formula is C24H42N4O5S. The predicted octanol–water partition coefficient (Wildman–Crippen LogP) is 2.05. The van der Waals surface area contributed by atoms with Crippen molar-refractivity contribution >= 4 is 16.3 Å². The normalized spacial score (nSPS) is 23.5. The predicted molar refractivity (Wildman–Crippen MR) is 131 cm³/mol. The van der Waals surface area contributed by atoms with Gasteiger partial charge < -0.3 is 19.7 Å². The molecule has 0 radical (unpaired) electrons. The number of hydrogen-bond acceptors (Lipinski definition) is 6. The second kappa shape index (κ2) is 12.0. The van der Waals surface area contributed by atoms with Crippen LogP contribution in [0.2, 0.25) is 0 Å². The summed E-state index contributed by atoms with van der Waals surface area (Å²) in [7, 11) is -3.46. The summed E-state index contributed by atoms with van der Waals surface area (Å²) in [5.74, 6) is 3.06. The highest BCUT2D eigenvalue weighted by Crippen LogP contribution is 2.25. The topological polar surface area (TPSA) is 91.4 Å². The van der Waals surface area contributed by atoms with Crippen molar-refractivity contribution in [2.24, 2.45) is 5.92 Å². The summed E-state index contributed by atoms with van der Waals surface area (Å²) in [4.78, 5) is 14.5. The molecule has 10 heteroatoms. The first-order chi connectivity index (χ1) is 16.1. The van der Waals surface area contributed by atoms with E-state index in [0.717, 1.165) is 45.3 Å². The Labute approximate surface area is 205 Å². The Hall–Kier alpha value is -1.38. The van der Waals surface area contributed by atoms with Crippen molar-refractivity contribution in [1.82, 2.24) is 18.8 Å². The molecule has 0 atom stereocenters. The summed E-state index contributed by atoms with van der Waals surface area (Å²) in [6.45, 7) is 10.9. The Balaban J connectivity index is 1.37. The van der Waals surface area contributed by atoms with E-state index in [4.69, 9.17) is 15.9 Å². The molecule has 0 aromatic heterocycles. The molecule has 3 saturated heterocycles. The molecule has 3 fully saturated rings. The van der Waals surface area contributed by atoms with Gasteiger partial charge in [0, 0.05) is 51.9 Å². The maximum absolute atomic E-state index is 13.2. The van der Waals surface area contributed by atoms with Gasteiger partial charge in [-0.3, -0.25) is 0 Å². The number of terminal acetylenes is 1. The third-order valence-corrected chi connectivity index (χ3v) is 8.89. The number of ether oxygens (including phenoxy) is 2. The highest BCUT2D eigenvalue weighted by molar-refractivity contribution is 7.86. The quantitative estimate of drug-likeness (QED) is 0.540. The van der Waals surface area contributed by atoms with Gasteiger partial charge in [0.2, 0.25) is 0 Å². The Morgan fingerprint density at radius 3 is 2.06 bits per heavy atom. The van der Waals surface area contributed by atoms with Gasteiger partial charge in [-0.05, 0) is 65.2 Å². The molecule has 0 saturated carbocycles. The maximum Gasteiger partial charge on any atom is 0.407 e. The monoisotopic (exact) mass is 498 g/mol. The van der Waals surface area contributed by atoms with Gasteiger partial charge in [0.15, 0.2) is 0 Å². The van der Waals surface area contributed by atoms with Crippen LogP contribution in [0, 0.1) is 18.3 Å². The fourth-order valence-corrected chi connectivity index (χ4v) is 6.65. The van der Waals surface area contributed by atoms with Crippen LogP contribution in [-0.2, 0) is 19.7 Å². The molecule has 0 aromatic rings. The largest absolute Gasteiger partial charge is 0.444 e. The molecule has 0 unspecified atom stereocenters. The molecule has 0 aliphatic carbocycles. The van der Waals surface area contributed by atoms with E-state index in [1.54, 1.807) is 8.61 Å². The number of carbonyl (C=O) groups excluding carboxylic acids is 1. The number of amides is 1. The third kappa shape index (κ3) is 8.09. The van der Waals surface area contributed by atoms with Crippen LogP contribution in [0.4, 0.5) is 4.79 Å². The lowest BCUT2D eigenvalue weighted by Crippen LogP contribution is -2.53. The van der Waals surface area contributed by atoms with E-state index in [9.17, 15) is 13.2 Å². The minimum atomic E-state index is -3.46. The SMILES string of the molecule is C#CCOC1CCN(CC2CCN(S(=O)(=O)N3CCC(NC(=O)OC(C)(C)C)CC3)CC2)CC1. The molecule has 3 rings (SSSR count). The number of carbonyl (C=O) groups is 1. The summed E-state index contributed by atoms with van der Waals surface area (Å²) in [5, 5.41) is 2.87. The van der Waals surface area contributed by atoms with Gasteiger partial charge in [-0.25, -0.2) is 4.79 Å². The van der Waals surface area contributed by atoms with Crippen LogP contribution in [0.15, 0.2) is 0 Å². The van der Waals surface area contributed by atoms with Crippen molar-refractivity contribution in [2.45, 2.75) is 77.0 Å². The van der Waals surface area contributed by atoms with Crippen molar-refractivity contribution in [3.63, 3.8) is 0 Å². The van der Waals surface area contributed by atoms with E-state index in [2.05, 4.69) is 16.1 Å². The van der Waals surface area contributed by atoms with Crippen molar-refractivity contribution < 1.29 is 22.7 Å². The minimum Gasteiger partial charge on any atom is -0.444 e. The molecule has 0 spiro atoms. The van der Waals surface area contributed by atoms with Crippen LogP contribution in [0.3, 0.4) is 0 Å². The molecule has 1 N–H and O–H groups in total. The molecule has 1 amide bonds. The summed E-state index contributed by atoms with van der Waals surface area (Å²) < 4.78 is 40.5. The second-order valence-electron chi connectivity index (χ2n) is 10.7. The zero-order valence-electron chi connectivity index (χ0n) is 21.0. The summed E-state index contributed by atoms with van der Waals surface area (Å²) in [6, 6.07) is -0.0619. The van der Waals surface area contributed by atoms with Gasteiger partial charge in [-0.2, -0.15) is 17.0 Å². The molecule has 194 valence electrons. The van der Waals surface area contributed by atoms with Crippen molar-refractivity contribution in [2.75, 3.05) is 52.4 Å². The Kier molecular flexibility index (Phi) is 9.64. The zero-order valence-corrected chi connectivity index (χ0v) is 21.8. The van der Waals surface area contributed by atoms with E-state index >= 15 is 0 Å². The summed E-state index contributed by atoms with van der Waals surface area (Å²) >= 11 is 0.